The van der Waals surface area contributed by atoms with Crippen LogP contribution in [0.4, 0.5) is 5.69 Å². The molecule has 0 radical (unpaired) electrons. The number of carbonyl (C=O) groups excluding carboxylic acids is 1. The third kappa shape index (κ3) is 2.18. The summed E-state index contributed by atoms with van der Waals surface area (Å²) in [6.07, 6.45) is 4.13. The molecule has 0 atom stereocenters. The second kappa shape index (κ2) is 4.20. The molecule has 0 aliphatic heterocycles. The van der Waals surface area contributed by atoms with Crippen molar-refractivity contribution in [2.24, 2.45) is 5.41 Å². The predicted octanol–water partition coefficient (Wildman–Crippen LogP) is 2.72. The van der Waals surface area contributed by atoms with Gasteiger partial charge in [-0.3, -0.25) is 4.79 Å². The first-order valence-electron chi connectivity index (χ1n) is 6.42. The van der Waals surface area contributed by atoms with Gasteiger partial charge in [0.05, 0.1) is 5.69 Å². The minimum absolute atomic E-state index is 0.0759. The van der Waals surface area contributed by atoms with Gasteiger partial charge in [0.15, 0.2) is 0 Å². The van der Waals surface area contributed by atoms with Gasteiger partial charge >= 0.3 is 0 Å². The highest BCUT2D eigenvalue weighted by molar-refractivity contribution is 7.21. The number of aromatic nitrogens is 1. The van der Waals surface area contributed by atoms with Crippen LogP contribution in [0.2, 0.25) is 0 Å². The average molecular weight is 275 g/mol. The number of hydrogen-bond donors (Lipinski definition) is 2. The highest BCUT2D eigenvalue weighted by Crippen LogP contribution is 2.44. The Hall–Kier alpha value is -1.62. The first-order chi connectivity index (χ1) is 9.00. The predicted molar refractivity (Wildman–Crippen MR) is 78.4 cm³/mol. The Bertz CT molecular complexity index is 658. The van der Waals surface area contributed by atoms with Gasteiger partial charge in [-0.2, -0.15) is 0 Å². The Labute approximate surface area is 116 Å². The van der Waals surface area contributed by atoms with Crippen molar-refractivity contribution in [1.29, 1.82) is 0 Å². The summed E-state index contributed by atoms with van der Waals surface area (Å²) >= 11 is 1.37. The molecule has 1 aliphatic rings. The Morgan fingerprint density at radius 3 is 2.95 bits per heavy atom. The molecule has 0 saturated heterocycles. The van der Waals surface area contributed by atoms with Crippen LogP contribution >= 0.6 is 11.3 Å². The van der Waals surface area contributed by atoms with Crippen LogP contribution in [-0.2, 0) is 0 Å². The SMILES string of the molecule is Cc1ccnc2sc(C(=O)NCC3(C)CC3)c(N)c12. The maximum atomic E-state index is 12.2. The van der Waals surface area contributed by atoms with Crippen molar-refractivity contribution in [3.05, 3.63) is 22.7 Å². The molecule has 2 aromatic heterocycles. The Balaban J connectivity index is 1.89. The van der Waals surface area contributed by atoms with E-state index in [4.69, 9.17) is 5.73 Å². The lowest BCUT2D eigenvalue weighted by molar-refractivity contribution is 0.0951. The summed E-state index contributed by atoms with van der Waals surface area (Å²) in [5.41, 5.74) is 8.03. The van der Waals surface area contributed by atoms with Gasteiger partial charge in [-0.15, -0.1) is 11.3 Å². The summed E-state index contributed by atoms with van der Waals surface area (Å²) < 4.78 is 0. The molecule has 1 aliphatic carbocycles. The number of rotatable bonds is 3. The van der Waals surface area contributed by atoms with Crippen LogP contribution in [0.5, 0.6) is 0 Å². The maximum Gasteiger partial charge on any atom is 0.263 e. The van der Waals surface area contributed by atoms with E-state index in [1.54, 1.807) is 6.20 Å². The number of anilines is 1. The van der Waals surface area contributed by atoms with Crippen LogP contribution in [0, 0.1) is 12.3 Å². The number of nitrogens with two attached hydrogens (primary N) is 1. The maximum absolute atomic E-state index is 12.2. The number of carbonyl (C=O) groups is 1. The standard InChI is InChI=1S/C14H17N3OS/c1-8-3-6-16-13-9(8)10(15)11(19-13)12(18)17-7-14(2)4-5-14/h3,6H,4-5,7,15H2,1-2H3,(H,17,18). The van der Waals surface area contributed by atoms with E-state index in [0.717, 1.165) is 22.3 Å². The van der Waals surface area contributed by atoms with Gasteiger partial charge in [0.2, 0.25) is 0 Å². The molecule has 19 heavy (non-hydrogen) atoms. The van der Waals surface area contributed by atoms with E-state index >= 15 is 0 Å². The van der Waals surface area contributed by atoms with Crippen LogP contribution in [0.3, 0.4) is 0 Å². The molecule has 0 unspecified atom stereocenters. The van der Waals surface area contributed by atoms with Gasteiger partial charge in [-0.05, 0) is 36.8 Å². The Kier molecular flexibility index (Phi) is 2.74. The zero-order chi connectivity index (χ0) is 13.6. The molecule has 0 spiro atoms. The number of nitrogens with zero attached hydrogens (tertiary/aromatic N) is 1. The second-order valence-electron chi connectivity index (χ2n) is 5.65. The molecule has 5 heteroatoms. The van der Waals surface area contributed by atoms with Gasteiger partial charge in [-0.25, -0.2) is 4.98 Å². The molecule has 100 valence electrons. The van der Waals surface area contributed by atoms with Crippen LogP contribution in [-0.4, -0.2) is 17.4 Å². The van der Waals surface area contributed by atoms with Gasteiger partial charge in [0, 0.05) is 18.1 Å². The molecule has 1 fully saturated rings. The highest BCUT2D eigenvalue weighted by atomic mass is 32.1. The van der Waals surface area contributed by atoms with E-state index < -0.39 is 0 Å². The summed E-state index contributed by atoms with van der Waals surface area (Å²) in [6.45, 7) is 4.90. The molecular weight excluding hydrogens is 258 g/mol. The average Bonchev–Trinajstić information content (AvgIpc) is 3.01. The van der Waals surface area contributed by atoms with Crippen LogP contribution in [0.25, 0.3) is 10.2 Å². The second-order valence-corrected chi connectivity index (χ2v) is 6.65. The smallest absolute Gasteiger partial charge is 0.263 e. The molecule has 1 saturated carbocycles. The lowest BCUT2D eigenvalue weighted by Gasteiger charge is -2.09. The number of nitrogen functional groups attached to an aromatic ring is 1. The van der Waals surface area contributed by atoms with Crippen LogP contribution in [0.15, 0.2) is 12.3 Å². The molecule has 0 aromatic carbocycles. The molecule has 3 rings (SSSR count). The highest BCUT2D eigenvalue weighted by Gasteiger charge is 2.37. The fourth-order valence-corrected chi connectivity index (χ4v) is 3.19. The molecule has 0 bridgehead atoms. The van der Waals surface area contributed by atoms with Crippen molar-refractivity contribution in [2.45, 2.75) is 26.7 Å². The van der Waals surface area contributed by atoms with Crippen molar-refractivity contribution in [3.8, 4) is 0 Å². The minimum atomic E-state index is -0.0759. The van der Waals surface area contributed by atoms with E-state index in [2.05, 4.69) is 17.2 Å². The Morgan fingerprint density at radius 2 is 2.32 bits per heavy atom. The number of pyridine rings is 1. The van der Waals surface area contributed by atoms with Crippen molar-refractivity contribution < 1.29 is 4.79 Å². The summed E-state index contributed by atoms with van der Waals surface area (Å²) in [6, 6.07) is 1.92. The van der Waals surface area contributed by atoms with E-state index in [0.29, 0.717) is 16.0 Å². The number of thiophene rings is 1. The van der Waals surface area contributed by atoms with E-state index in [1.807, 2.05) is 13.0 Å². The molecular formula is C14H17N3OS. The minimum Gasteiger partial charge on any atom is -0.397 e. The summed E-state index contributed by atoms with van der Waals surface area (Å²) in [5, 5.41) is 3.90. The van der Waals surface area contributed by atoms with Crippen LogP contribution < -0.4 is 11.1 Å². The van der Waals surface area contributed by atoms with Gasteiger partial charge in [0.1, 0.15) is 9.71 Å². The monoisotopic (exact) mass is 275 g/mol. The van der Waals surface area contributed by atoms with Gasteiger partial charge in [-0.1, -0.05) is 6.92 Å². The zero-order valence-corrected chi connectivity index (χ0v) is 11.9. The number of amides is 1. The lowest BCUT2D eigenvalue weighted by atomic mass is 10.1. The number of nitrogens with one attached hydrogen (secondary N) is 1. The zero-order valence-electron chi connectivity index (χ0n) is 11.1. The number of aryl methyl sites for hydroxylation is 1. The first-order valence-corrected chi connectivity index (χ1v) is 7.24. The van der Waals surface area contributed by atoms with Crippen LogP contribution in [0.1, 0.15) is 35.0 Å². The number of fused-ring (bicyclic) bond motifs is 1. The molecule has 4 nitrogen and oxygen atoms in total. The lowest BCUT2D eigenvalue weighted by Crippen LogP contribution is -2.28. The molecule has 2 aromatic rings. The fraction of sp³-hybridized carbons (Fsp3) is 0.429. The van der Waals surface area contributed by atoms with Crippen molar-refractivity contribution >= 4 is 33.1 Å². The summed E-state index contributed by atoms with van der Waals surface area (Å²) in [7, 11) is 0. The normalized spacial score (nSPS) is 16.5. The molecule has 3 N–H and O–H groups in total. The van der Waals surface area contributed by atoms with Gasteiger partial charge < -0.3 is 11.1 Å². The fourth-order valence-electron chi connectivity index (χ4n) is 2.14. The third-order valence-corrected chi connectivity index (χ3v) is 4.94. The van der Waals surface area contributed by atoms with Crippen molar-refractivity contribution in [1.82, 2.24) is 10.3 Å². The summed E-state index contributed by atoms with van der Waals surface area (Å²) in [4.78, 5) is 17.9. The molecule has 2 heterocycles. The Morgan fingerprint density at radius 1 is 1.58 bits per heavy atom. The largest absolute Gasteiger partial charge is 0.397 e. The first kappa shape index (κ1) is 12.4. The third-order valence-electron chi connectivity index (χ3n) is 3.82. The quantitative estimate of drug-likeness (QED) is 0.905. The van der Waals surface area contributed by atoms with E-state index in [9.17, 15) is 4.79 Å². The van der Waals surface area contributed by atoms with Crippen molar-refractivity contribution in [3.63, 3.8) is 0 Å². The molecule has 1 amide bonds. The van der Waals surface area contributed by atoms with Gasteiger partial charge in [0.25, 0.3) is 5.91 Å². The topological polar surface area (TPSA) is 68.0 Å². The van der Waals surface area contributed by atoms with E-state index in [-0.39, 0.29) is 5.91 Å². The number of hydrogen-bond acceptors (Lipinski definition) is 4. The van der Waals surface area contributed by atoms with Crippen molar-refractivity contribution in [2.75, 3.05) is 12.3 Å². The summed E-state index contributed by atoms with van der Waals surface area (Å²) in [5.74, 6) is -0.0759. The van der Waals surface area contributed by atoms with E-state index in [1.165, 1.54) is 24.2 Å².